The number of rotatable bonds is 6. The molecule has 0 bridgehead atoms. The van der Waals surface area contributed by atoms with Crippen molar-refractivity contribution in [3.63, 3.8) is 0 Å². The SMILES string of the molecule is CCc1cc(CN(C)C2CCCCC2CN)n(CC)n1. The van der Waals surface area contributed by atoms with E-state index in [-0.39, 0.29) is 0 Å². The molecule has 4 heteroatoms. The Bertz CT molecular complexity index is 413. The van der Waals surface area contributed by atoms with Gasteiger partial charge in [0.1, 0.15) is 0 Å². The van der Waals surface area contributed by atoms with Crippen LogP contribution in [-0.4, -0.2) is 34.3 Å². The predicted octanol–water partition coefficient (Wildman–Crippen LogP) is 2.41. The molecule has 0 saturated heterocycles. The van der Waals surface area contributed by atoms with Crippen LogP contribution < -0.4 is 5.73 Å². The van der Waals surface area contributed by atoms with Crippen molar-refractivity contribution in [2.24, 2.45) is 11.7 Å². The second-order valence-corrected chi connectivity index (χ2v) is 6.06. The molecule has 0 radical (unpaired) electrons. The summed E-state index contributed by atoms with van der Waals surface area (Å²) in [4.78, 5) is 2.50. The molecule has 1 aliphatic carbocycles. The number of hydrogen-bond donors (Lipinski definition) is 1. The standard InChI is InChI=1S/C16H30N4/c1-4-14-10-15(20(5-2)18-14)12-19(3)16-9-7-6-8-13(16)11-17/h10,13,16H,4-9,11-12,17H2,1-3H3. The van der Waals surface area contributed by atoms with E-state index in [1.165, 1.54) is 37.1 Å². The quantitative estimate of drug-likeness (QED) is 0.869. The van der Waals surface area contributed by atoms with E-state index in [4.69, 9.17) is 5.73 Å². The highest BCUT2D eigenvalue weighted by Crippen LogP contribution is 2.28. The molecule has 2 unspecified atom stereocenters. The molecule has 0 aliphatic heterocycles. The highest BCUT2D eigenvalue weighted by atomic mass is 15.3. The van der Waals surface area contributed by atoms with Crippen LogP contribution in [-0.2, 0) is 19.5 Å². The molecule has 0 aromatic carbocycles. The molecule has 4 nitrogen and oxygen atoms in total. The van der Waals surface area contributed by atoms with Crippen molar-refractivity contribution < 1.29 is 0 Å². The van der Waals surface area contributed by atoms with Crippen molar-refractivity contribution >= 4 is 0 Å². The summed E-state index contributed by atoms with van der Waals surface area (Å²) in [6, 6.07) is 2.90. The molecule has 1 aliphatic rings. The van der Waals surface area contributed by atoms with Crippen LogP contribution in [0.15, 0.2) is 6.07 Å². The fraction of sp³-hybridized carbons (Fsp3) is 0.812. The van der Waals surface area contributed by atoms with Gasteiger partial charge in [0.2, 0.25) is 0 Å². The number of aryl methyl sites for hydroxylation is 2. The van der Waals surface area contributed by atoms with Crippen molar-refractivity contribution in [2.45, 2.75) is 65.1 Å². The van der Waals surface area contributed by atoms with Gasteiger partial charge in [-0.2, -0.15) is 5.10 Å². The van der Waals surface area contributed by atoms with Crippen molar-refractivity contribution in [3.05, 3.63) is 17.5 Å². The monoisotopic (exact) mass is 278 g/mol. The Morgan fingerprint density at radius 2 is 2.10 bits per heavy atom. The molecule has 2 N–H and O–H groups in total. The van der Waals surface area contributed by atoms with Crippen molar-refractivity contribution in [3.8, 4) is 0 Å². The molecule has 1 aromatic rings. The average molecular weight is 278 g/mol. The third-order valence-corrected chi connectivity index (χ3v) is 4.72. The Hall–Kier alpha value is -0.870. The van der Waals surface area contributed by atoms with Gasteiger partial charge in [0.15, 0.2) is 0 Å². The lowest BCUT2D eigenvalue weighted by atomic mass is 9.83. The summed E-state index contributed by atoms with van der Waals surface area (Å²) in [5, 5.41) is 4.65. The topological polar surface area (TPSA) is 47.1 Å². The van der Waals surface area contributed by atoms with Crippen molar-refractivity contribution in [1.82, 2.24) is 14.7 Å². The Labute approximate surface area is 123 Å². The lowest BCUT2D eigenvalue weighted by Gasteiger charge is -2.37. The van der Waals surface area contributed by atoms with E-state index in [2.05, 4.69) is 41.6 Å². The fourth-order valence-corrected chi connectivity index (χ4v) is 3.50. The van der Waals surface area contributed by atoms with Crippen molar-refractivity contribution in [2.75, 3.05) is 13.6 Å². The second-order valence-electron chi connectivity index (χ2n) is 6.06. The van der Waals surface area contributed by atoms with E-state index in [1.54, 1.807) is 0 Å². The van der Waals surface area contributed by atoms with Crippen LogP contribution in [0.25, 0.3) is 0 Å². The maximum atomic E-state index is 5.96. The first-order chi connectivity index (χ1) is 9.69. The minimum absolute atomic E-state index is 0.638. The first-order valence-electron chi connectivity index (χ1n) is 8.15. The summed E-state index contributed by atoms with van der Waals surface area (Å²) in [5.41, 5.74) is 8.51. The van der Waals surface area contributed by atoms with E-state index >= 15 is 0 Å². The number of nitrogens with two attached hydrogens (primary N) is 1. The molecule has 1 saturated carbocycles. The van der Waals surface area contributed by atoms with E-state index in [0.29, 0.717) is 12.0 Å². The van der Waals surface area contributed by atoms with Gasteiger partial charge in [0, 0.05) is 19.1 Å². The largest absolute Gasteiger partial charge is 0.330 e. The zero-order chi connectivity index (χ0) is 14.5. The molecule has 114 valence electrons. The summed E-state index contributed by atoms with van der Waals surface area (Å²) in [5.74, 6) is 0.664. The lowest BCUT2D eigenvalue weighted by Crippen LogP contribution is -2.42. The van der Waals surface area contributed by atoms with Crippen LogP contribution in [0.1, 0.15) is 50.9 Å². The molecular formula is C16H30N4. The van der Waals surface area contributed by atoms with E-state index in [0.717, 1.165) is 26.1 Å². The van der Waals surface area contributed by atoms with Crippen LogP contribution in [0.2, 0.25) is 0 Å². The Morgan fingerprint density at radius 3 is 2.75 bits per heavy atom. The normalized spacial score (nSPS) is 23.4. The fourth-order valence-electron chi connectivity index (χ4n) is 3.50. The van der Waals surface area contributed by atoms with E-state index < -0.39 is 0 Å². The zero-order valence-electron chi connectivity index (χ0n) is 13.3. The first-order valence-corrected chi connectivity index (χ1v) is 8.15. The maximum absolute atomic E-state index is 5.96. The van der Waals surface area contributed by atoms with Crippen LogP contribution in [0.4, 0.5) is 0 Å². The van der Waals surface area contributed by atoms with E-state index in [1.807, 2.05) is 0 Å². The number of aromatic nitrogens is 2. The minimum Gasteiger partial charge on any atom is -0.330 e. The third kappa shape index (κ3) is 3.41. The van der Waals surface area contributed by atoms with Crippen LogP contribution in [0.5, 0.6) is 0 Å². The first kappa shape index (κ1) is 15.5. The summed E-state index contributed by atoms with van der Waals surface area (Å²) in [6.07, 6.45) is 6.29. The maximum Gasteiger partial charge on any atom is 0.0625 e. The smallest absolute Gasteiger partial charge is 0.0625 e. The molecule has 2 rings (SSSR count). The molecule has 0 spiro atoms. The summed E-state index contributed by atoms with van der Waals surface area (Å²) in [6.45, 7) is 7.10. The summed E-state index contributed by atoms with van der Waals surface area (Å²) < 4.78 is 2.15. The minimum atomic E-state index is 0.638. The second kappa shape index (κ2) is 7.23. The Kier molecular flexibility index (Phi) is 5.61. The predicted molar refractivity (Wildman–Crippen MR) is 83.5 cm³/mol. The van der Waals surface area contributed by atoms with Gasteiger partial charge in [-0.05, 0) is 51.8 Å². The summed E-state index contributed by atoms with van der Waals surface area (Å²) >= 11 is 0. The Balaban J connectivity index is 2.06. The highest BCUT2D eigenvalue weighted by Gasteiger charge is 2.27. The average Bonchev–Trinajstić information content (AvgIpc) is 2.89. The third-order valence-electron chi connectivity index (χ3n) is 4.72. The van der Waals surface area contributed by atoms with Gasteiger partial charge in [-0.1, -0.05) is 19.8 Å². The molecule has 1 aromatic heterocycles. The van der Waals surface area contributed by atoms with Crippen LogP contribution in [0.3, 0.4) is 0 Å². The van der Waals surface area contributed by atoms with Gasteiger partial charge in [0.25, 0.3) is 0 Å². The molecule has 20 heavy (non-hydrogen) atoms. The van der Waals surface area contributed by atoms with Gasteiger partial charge in [-0.3, -0.25) is 9.58 Å². The summed E-state index contributed by atoms with van der Waals surface area (Å²) in [7, 11) is 2.25. The van der Waals surface area contributed by atoms with Crippen LogP contribution in [0, 0.1) is 5.92 Å². The number of nitrogens with zero attached hydrogens (tertiary/aromatic N) is 3. The van der Waals surface area contributed by atoms with Gasteiger partial charge in [-0.15, -0.1) is 0 Å². The van der Waals surface area contributed by atoms with Gasteiger partial charge in [-0.25, -0.2) is 0 Å². The van der Waals surface area contributed by atoms with Gasteiger partial charge < -0.3 is 5.73 Å². The molecule has 2 atom stereocenters. The Morgan fingerprint density at radius 1 is 1.35 bits per heavy atom. The molecular weight excluding hydrogens is 248 g/mol. The van der Waals surface area contributed by atoms with E-state index in [9.17, 15) is 0 Å². The number of hydrogen-bond acceptors (Lipinski definition) is 3. The molecule has 1 fully saturated rings. The van der Waals surface area contributed by atoms with Gasteiger partial charge >= 0.3 is 0 Å². The van der Waals surface area contributed by atoms with Crippen molar-refractivity contribution in [1.29, 1.82) is 0 Å². The molecule has 1 heterocycles. The molecule has 0 amide bonds. The van der Waals surface area contributed by atoms with Crippen LogP contribution >= 0.6 is 0 Å². The lowest BCUT2D eigenvalue weighted by molar-refractivity contribution is 0.124. The van der Waals surface area contributed by atoms with Gasteiger partial charge in [0.05, 0.1) is 11.4 Å². The highest BCUT2D eigenvalue weighted by molar-refractivity contribution is 5.10. The zero-order valence-corrected chi connectivity index (χ0v) is 13.3.